The maximum absolute atomic E-state index is 12.8. The van der Waals surface area contributed by atoms with Gasteiger partial charge in [-0.3, -0.25) is 9.20 Å². The number of thiazole rings is 1. The molecule has 2 aromatic heterocycles. The summed E-state index contributed by atoms with van der Waals surface area (Å²) in [5.41, 5.74) is 3.33. The van der Waals surface area contributed by atoms with E-state index in [9.17, 15) is 4.79 Å². The topological polar surface area (TPSA) is 34.4 Å². The number of halogens is 1. The van der Waals surface area contributed by atoms with Crippen molar-refractivity contribution in [1.82, 2.24) is 9.38 Å². The first-order chi connectivity index (χ1) is 14.2. The van der Waals surface area contributed by atoms with Gasteiger partial charge in [-0.2, -0.15) is 0 Å². The third-order valence-corrected chi connectivity index (χ3v) is 5.85. The fourth-order valence-electron chi connectivity index (χ4n) is 3.38. The number of carbonyl (C=O) groups is 1. The smallest absolute Gasteiger partial charge is 0.194 e. The molecule has 0 bridgehead atoms. The maximum atomic E-state index is 12.8. The van der Waals surface area contributed by atoms with Crippen molar-refractivity contribution >= 4 is 50.5 Å². The zero-order valence-corrected chi connectivity index (χ0v) is 16.8. The quantitative estimate of drug-likeness (QED) is 0.240. The van der Waals surface area contributed by atoms with Gasteiger partial charge in [-0.05, 0) is 41.1 Å². The second kappa shape index (κ2) is 7.32. The molecule has 0 radical (unpaired) electrons. The van der Waals surface area contributed by atoms with Gasteiger partial charge in [0.05, 0.1) is 11.4 Å². The van der Waals surface area contributed by atoms with Gasteiger partial charge >= 0.3 is 0 Å². The number of carbonyl (C=O) groups excluding carboxylic acids is 1. The number of nitrogens with zero attached hydrogens (tertiary/aromatic N) is 2. The Morgan fingerprint density at radius 3 is 2.62 bits per heavy atom. The van der Waals surface area contributed by atoms with Crippen LogP contribution in [0.25, 0.3) is 33.1 Å². The number of rotatable bonds is 4. The number of ketones is 1. The third-order valence-electron chi connectivity index (χ3n) is 4.84. The van der Waals surface area contributed by atoms with Crippen molar-refractivity contribution < 1.29 is 4.79 Å². The SMILES string of the molecule is O=C(C=Cc1c(-c2ccc(Cl)cc2)nc2sccn12)c1ccc2ccccc2c1. The standard InChI is InChI=1S/C24H15ClN2OS/c25-20-9-7-17(8-10-20)23-21(27-13-14-29-24(27)26-23)11-12-22(28)19-6-5-16-3-1-2-4-18(16)15-19/h1-15H. The summed E-state index contributed by atoms with van der Waals surface area (Å²) in [5, 5.41) is 4.83. The Hall–Kier alpha value is -3.21. The number of allylic oxidation sites excluding steroid dienone is 1. The number of fused-ring (bicyclic) bond motifs is 2. The predicted octanol–water partition coefficient (Wildman–Crippen LogP) is 6.77. The molecule has 0 unspecified atom stereocenters. The predicted molar refractivity (Wildman–Crippen MR) is 121 cm³/mol. The summed E-state index contributed by atoms with van der Waals surface area (Å²) in [6, 6.07) is 21.4. The van der Waals surface area contributed by atoms with Crippen molar-refractivity contribution in [3.63, 3.8) is 0 Å². The lowest BCUT2D eigenvalue weighted by molar-refractivity contribution is 0.104. The number of hydrogen-bond donors (Lipinski definition) is 0. The van der Waals surface area contributed by atoms with E-state index in [4.69, 9.17) is 16.6 Å². The second-order valence-corrected chi connectivity index (χ2v) is 7.98. The van der Waals surface area contributed by atoms with Crippen LogP contribution in [0.15, 0.2) is 84.4 Å². The number of imidazole rings is 1. The third kappa shape index (κ3) is 3.37. The molecule has 0 saturated heterocycles. The van der Waals surface area contributed by atoms with Crippen LogP contribution in [-0.4, -0.2) is 15.2 Å². The molecule has 0 N–H and O–H groups in total. The first-order valence-electron chi connectivity index (χ1n) is 9.12. The van der Waals surface area contributed by atoms with Gasteiger partial charge in [0.25, 0.3) is 0 Å². The van der Waals surface area contributed by atoms with Crippen molar-refractivity contribution in [2.45, 2.75) is 0 Å². The normalized spacial score (nSPS) is 11.6. The Balaban J connectivity index is 1.54. The fraction of sp³-hybridized carbons (Fsp3) is 0. The van der Waals surface area contributed by atoms with E-state index < -0.39 is 0 Å². The van der Waals surface area contributed by atoms with E-state index in [2.05, 4.69) is 0 Å². The van der Waals surface area contributed by atoms with Gasteiger partial charge in [-0.25, -0.2) is 4.98 Å². The lowest BCUT2D eigenvalue weighted by atomic mass is 10.0. The van der Waals surface area contributed by atoms with Gasteiger partial charge in [0, 0.05) is 27.7 Å². The van der Waals surface area contributed by atoms with Gasteiger partial charge < -0.3 is 0 Å². The molecule has 3 aromatic carbocycles. The van der Waals surface area contributed by atoms with Crippen LogP contribution in [0.2, 0.25) is 5.02 Å². The van der Waals surface area contributed by atoms with Crippen LogP contribution < -0.4 is 0 Å². The molecule has 3 nitrogen and oxygen atoms in total. The highest BCUT2D eigenvalue weighted by molar-refractivity contribution is 7.15. The zero-order chi connectivity index (χ0) is 19.8. The molecule has 0 atom stereocenters. The van der Waals surface area contributed by atoms with Crippen molar-refractivity contribution in [2.24, 2.45) is 0 Å². The van der Waals surface area contributed by atoms with Gasteiger partial charge in [0.1, 0.15) is 0 Å². The summed E-state index contributed by atoms with van der Waals surface area (Å²) < 4.78 is 2.00. The van der Waals surface area contributed by atoms with Crippen LogP contribution in [0.1, 0.15) is 16.1 Å². The van der Waals surface area contributed by atoms with Crippen LogP contribution in [0.4, 0.5) is 0 Å². The van der Waals surface area contributed by atoms with E-state index in [0.29, 0.717) is 10.6 Å². The highest BCUT2D eigenvalue weighted by atomic mass is 35.5. The highest BCUT2D eigenvalue weighted by Gasteiger charge is 2.13. The minimum absolute atomic E-state index is 0.0389. The minimum atomic E-state index is -0.0389. The molecule has 29 heavy (non-hydrogen) atoms. The van der Waals surface area contributed by atoms with Gasteiger partial charge in [-0.1, -0.05) is 60.1 Å². The Morgan fingerprint density at radius 1 is 1.00 bits per heavy atom. The Labute approximate surface area is 176 Å². The first kappa shape index (κ1) is 17.9. The monoisotopic (exact) mass is 414 g/mol. The van der Waals surface area contributed by atoms with E-state index in [1.54, 1.807) is 17.4 Å². The second-order valence-electron chi connectivity index (χ2n) is 6.67. The summed E-state index contributed by atoms with van der Waals surface area (Å²) >= 11 is 7.59. The Bertz CT molecular complexity index is 1380. The molecule has 0 amide bonds. The molecule has 5 heteroatoms. The number of hydrogen-bond acceptors (Lipinski definition) is 3. The van der Waals surface area contributed by atoms with Crippen molar-refractivity contribution in [3.8, 4) is 11.3 Å². The van der Waals surface area contributed by atoms with Crippen LogP contribution in [0.5, 0.6) is 0 Å². The van der Waals surface area contributed by atoms with Crippen LogP contribution >= 0.6 is 22.9 Å². The molecule has 2 heterocycles. The van der Waals surface area contributed by atoms with Crippen molar-refractivity contribution in [2.75, 3.05) is 0 Å². The zero-order valence-electron chi connectivity index (χ0n) is 15.2. The average Bonchev–Trinajstić information content (AvgIpc) is 3.34. The molecule has 140 valence electrons. The minimum Gasteiger partial charge on any atom is -0.290 e. The molecule has 0 aliphatic rings. The van der Waals surface area contributed by atoms with E-state index in [1.807, 2.05) is 88.8 Å². The van der Waals surface area contributed by atoms with Gasteiger partial charge in [-0.15, -0.1) is 11.3 Å². The summed E-state index contributed by atoms with van der Waals surface area (Å²) in [5.74, 6) is -0.0389. The summed E-state index contributed by atoms with van der Waals surface area (Å²) in [6.07, 6.45) is 5.42. The van der Waals surface area contributed by atoms with Gasteiger partial charge in [0.2, 0.25) is 0 Å². The van der Waals surface area contributed by atoms with Crippen LogP contribution in [0, 0.1) is 0 Å². The maximum Gasteiger partial charge on any atom is 0.194 e. The van der Waals surface area contributed by atoms with Crippen LogP contribution in [-0.2, 0) is 0 Å². The average molecular weight is 415 g/mol. The Morgan fingerprint density at radius 2 is 1.79 bits per heavy atom. The number of aromatic nitrogens is 2. The lowest BCUT2D eigenvalue weighted by Crippen LogP contribution is -1.94. The van der Waals surface area contributed by atoms with E-state index in [0.717, 1.165) is 32.7 Å². The molecule has 0 aliphatic heterocycles. The van der Waals surface area contributed by atoms with Gasteiger partial charge in [0.15, 0.2) is 10.7 Å². The highest BCUT2D eigenvalue weighted by Crippen LogP contribution is 2.29. The molecule has 0 fully saturated rings. The Kier molecular flexibility index (Phi) is 4.51. The summed E-state index contributed by atoms with van der Waals surface area (Å²) in [4.78, 5) is 18.4. The molecule has 0 saturated carbocycles. The molecular formula is C24H15ClN2OS. The van der Waals surface area contributed by atoms with E-state index in [1.165, 1.54) is 0 Å². The van der Waals surface area contributed by atoms with E-state index >= 15 is 0 Å². The molecule has 0 spiro atoms. The molecular weight excluding hydrogens is 400 g/mol. The summed E-state index contributed by atoms with van der Waals surface area (Å²) in [7, 11) is 0. The van der Waals surface area contributed by atoms with Crippen molar-refractivity contribution in [1.29, 1.82) is 0 Å². The molecule has 5 aromatic rings. The van der Waals surface area contributed by atoms with E-state index in [-0.39, 0.29) is 5.78 Å². The largest absolute Gasteiger partial charge is 0.290 e. The molecule has 0 aliphatic carbocycles. The number of benzene rings is 3. The van der Waals surface area contributed by atoms with Crippen LogP contribution in [0.3, 0.4) is 0 Å². The lowest BCUT2D eigenvalue weighted by Gasteiger charge is -2.02. The summed E-state index contributed by atoms with van der Waals surface area (Å²) in [6.45, 7) is 0. The fourth-order valence-corrected chi connectivity index (χ4v) is 4.22. The van der Waals surface area contributed by atoms with Crippen molar-refractivity contribution in [3.05, 3.63) is 101 Å². The first-order valence-corrected chi connectivity index (χ1v) is 10.4. The molecule has 5 rings (SSSR count).